The monoisotopic (exact) mass is 166 g/mol. The summed E-state index contributed by atoms with van der Waals surface area (Å²) in [5, 5.41) is 8.78. The van der Waals surface area contributed by atoms with Crippen molar-refractivity contribution < 1.29 is 9.90 Å². The fraction of sp³-hybridized carbons (Fsp3) is 0.700. The van der Waals surface area contributed by atoms with Gasteiger partial charge in [-0.05, 0) is 18.8 Å². The molecule has 0 spiro atoms. The third kappa shape index (κ3) is 2.01. The van der Waals surface area contributed by atoms with Crippen LogP contribution in [0.3, 0.4) is 0 Å². The molecule has 0 heterocycles. The summed E-state index contributed by atoms with van der Waals surface area (Å²) in [7, 11) is 0. The fourth-order valence-corrected chi connectivity index (χ4v) is 1.88. The molecular formula is C10H14O2. The van der Waals surface area contributed by atoms with E-state index in [1.807, 2.05) is 0 Å². The number of hydrogen-bond donors (Lipinski definition) is 1. The van der Waals surface area contributed by atoms with Gasteiger partial charge in [0.2, 0.25) is 0 Å². The summed E-state index contributed by atoms with van der Waals surface area (Å²) in [5.74, 6) is 1.22. The van der Waals surface area contributed by atoms with Crippen molar-refractivity contribution in [3.8, 4) is 12.3 Å². The van der Waals surface area contributed by atoms with Crippen LogP contribution in [0.25, 0.3) is 0 Å². The van der Waals surface area contributed by atoms with Crippen LogP contribution in [0.4, 0.5) is 0 Å². The van der Waals surface area contributed by atoms with E-state index in [4.69, 9.17) is 11.5 Å². The number of carbonyl (C=O) groups is 1. The Hall–Kier alpha value is -0.970. The molecular weight excluding hydrogens is 152 g/mol. The maximum atomic E-state index is 10.7. The van der Waals surface area contributed by atoms with E-state index < -0.39 is 11.9 Å². The lowest BCUT2D eigenvalue weighted by atomic mass is 9.80. The Morgan fingerprint density at radius 1 is 1.42 bits per heavy atom. The van der Waals surface area contributed by atoms with Crippen molar-refractivity contribution in [2.75, 3.05) is 0 Å². The molecule has 0 aromatic heterocycles. The second-order valence-corrected chi connectivity index (χ2v) is 3.38. The van der Waals surface area contributed by atoms with Crippen LogP contribution in [0.1, 0.15) is 32.1 Å². The lowest BCUT2D eigenvalue weighted by Gasteiger charge is -2.23. The Balaban J connectivity index is 2.53. The molecule has 1 aliphatic rings. The van der Waals surface area contributed by atoms with Gasteiger partial charge in [-0.2, -0.15) is 0 Å². The summed E-state index contributed by atoms with van der Waals surface area (Å²) < 4.78 is 0. The average molecular weight is 166 g/mol. The molecule has 0 aliphatic heterocycles. The minimum absolute atomic E-state index is 0.223. The van der Waals surface area contributed by atoms with E-state index in [9.17, 15) is 4.79 Å². The zero-order valence-electron chi connectivity index (χ0n) is 7.12. The summed E-state index contributed by atoms with van der Waals surface area (Å²) in [6.07, 6.45) is 10.6. The maximum absolute atomic E-state index is 10.7. The van der Waals surface area contributed by atoms with E-state index in [0.29, 0.717) is 0 Å². The predicted molar refractivity (Wildman–Crippen MR) is 46.5 cm³/mol. The predicted octanol–water partition coefficient (Wildman–Crippen LogP) is 1.90. The van der Waals surface area contributed by atoms with Crippen molar-refractivity contribution in [1.29, 1.82) is 0 Å². The van der Waals surface area contributed by atoms with Gasteiger partial charge >= 0.3 is 5.97 Å². The SMILES string of the molecule is C#CC(C(=O)O)C1CCCCC1. The molecule has 0 saturated heterocycles. The van der Waals surface area contributed by atoms with Crippen molar-refractivity contribution >= 4 is 5.97 Å². The number of aliphatic carboxylic acids is 1. The minimum atomic E-state index is -0.829. The number of carboxylic acids is 1. The first-order valence-electron chi connectivity index (χ1n) is 4.44. The first-order valence-corrected chi connectivity index (χ1v) is 4.44. The summed E-state index contributed by atoms with van der Waals surface area (Å²) in [4.78, 5) is 10.7. The van der Waals surface area contributed by atoms with Crippen molar-refractivity contribution in [3.63, 3.8) is 0 Å². The normalized spacial score (nSPS) is 21.2. The Kier molecular flexibility index (Phi) is 3.16. The van der Waals surface area contributed by atoms with Crippen LogP contribution >= 0.6 is 0 Å². The van der Waals surface area contributed by atoms with Gasteiger partial charge in [0.05, 0.1) is 0 Å². The van der Waals surface area contributed by atoms with Gasteiger partial charge in [0.25, 0.3) is 0 Å². The Labute approximate surface area is 73.0 Å². The zero-order valence-corrected chi connectivity index (χ0v) is 7.12. The van der Waals surface area contributed by atoms with Crippen LogP contribution in [-0.4, -0.2) is 11.1 Å². The Morgan fingerprint density at radius 3 is 2.42 bits per heavy atom. The third-order valence-corrected chi connectivity index (χ3v) is 2.57. The van der Waals surface area contributed by atoms with Gasteiger partial charge in [-0.15, -0.1) is 6.42 Å². The highest BCUT2D eigenvalue weighted by molar-refractivity contribution is 5.73. The fourth-order valence-electron chi connectivity index (χ4n) is 1.88. The highest BCUT2D eigenvalue weighted by atomic mass is 16.4. The molecule has 12 heavy (non-hydrogen) atoms. The van der Waals surface area contributed by atoms with Gasteiger partial charge in [-0.25, -0.2) is 0 Å². The number of rotatable bonds is 2. The van der Waals surface area contributed by atoms with Crippen LogP contribution in [0.5, 0.6) is 0 Å². The summed E-state index contributed by atoms with van der Waals surface area (Å²) in [6, 6.07) is 0. The van der Waals surface area contributed by atoms with E-state index in [1.165, 1.54) is 6.42 Å². The molecule has 66 valence electrons. The van der Waals surface area contributed by atoms with Crippen LogP contribution in [0.2, 0.25) is 0 Å². The van der Waals surface area contributed by atoms with Crippen LogP contribution in [-0.2, 0) is 4.79 Å². The van der Waals surface area contributed by atoms with Gasteiger partial charge in [-0.1, -0.05) is 25.2 Å². The smallest absolute Gasteiger partial charge is 0.318 e. The summed E-state index contributed by atoms with van der Waals surface area (Å²) >= 11 is 0. The summed E-state index contributed by atoms with van der Waals surface area (Å²) in [6.45, 7) is 0. The lowest BCUT2D eigenvalue weighted by Crippen LogP contribution is -2.23. The number of terminal acetylenes is 1. The molecule has 1 fully saturated rings. The maximum Gasteiger partial charge on any atom is 0.318 e. The molecule has 0 aromatic rings. The lowest BCUT2D eigenvalue weighted by molar-refractivity contribution is -0.141. The second kappa shape index (κ2) is 4.15. The Morgan fingerprint density at radius 2 is 2.00 bits per heavy atom. The van der Waals surface area contributed by atoms with Crippen LogP contribution in [0.15, 0.2) is 0 Å². The molecule has 1 saturated carbocycles. The van der Waals surface area contributed by atoms with Gasteiger partial charge < -0.3 is 5.11 Å². The number of carboxylic acid groups (broad SMARTS) is 1. The molecule has 1 unspecified atom stereocenters. The first kappa shape index (κ1) is 9.12. The van der Waals surface area contributed by atoms with E-state index in [2.05, 4.69) is 5.92 Å². The van der Waals surface area contributed by atoms with Crippen LogP contribution in [0, 0.1) is 24.2 Å². The third-order valence-electron chi connectivity index (χ3n) is 2.57. The second-order valence-electron chi connectivity index (χ2n) is 3.38. The topological polar surface area (TPSA) is 37.3 Å². The first-order chi connectivity index (χ1) is 5.75. The number of hydrogen-bond acceptors (Lipinski definition) is 1. The van der Waals surface area contributed by atoms with Crippen molar-refractivity contribution in [2.45, 2.75) is 32.1 Å². The Bertz CT molecular complexity index is 196. The van der Waals surface area contributed by atoms with Gasteiger partial charge in [0.15, 0.2) is 0 Å². The molecule has 0 radical (unpaired) electrons. The standard InChI is InChI=1S/C10H14O2/c1-2-9(10(11)12)8-6-4-3-5-7-8/h1,8-9H,3-7H2,(H,11,12). The highest BCUT2D eigenvalue weighted by Crippen LogP contribution is 2.29. The molecule has 2 heteroatoms. The van der Waals surface area contributed by atoms with E-state index >= 15 is 0 Å². The van der Waals surface area contributed by atoms with E-state index in [-0.39, 0.29) is 5.92 Å². The molecule has 2 nitrogen and oxygen atoms in total. The van der Waals surface area contributed by atoms with Gasteiger partial charge in [-0.3, -0.25) is 4.79 Å². The molecule has 1 N–H and O–H groups in total. The van der Waals surface area contributed by atoms with Crippen molar-refractivity contribution in [1.82, 2.24) is 0 Å². The zero-order chi connectivity index (χ0) is 8.97. The molecule has 1 atom stereocenters. The molecule has 0 aromatic carbocycles. The minimum Gasteiger partial charge on any atom is -0.480 e. The molecule has 0 bridgehead atoms. The molecule has 1 aliphatic carbocycles. The quantitative estimate of drug-likeness (QED) is 0.636. The van der Waals surface area contributed by atoms with Crippen molar-refractivity contribution in [2.24, 2.45) is 11.8 Å². The van der Waals surface area contributed by atoms with Crippen molar-refractivity contribution in [3.05, 3.63) is 0 Å². The van der Waals surface area contributed by atoms with Gasteiger partial charge in [0, 0.05) is 0 Å². The van der Waals surface area contributed by atoms with E-state index in [0.717, 1.165) is 25.7 Å². The van der Waals surface area contributed by atoms with E-state index in [1.54, 1.807) is 0 Å². The van der Waals surface area contributed by atoms with Gasteiger partial charge in [0.1, 0.15) is 5.92 Å². The molecule has 0 amide bonds. The highest BCUT2D eigenvalue weighted by Gasteiger charge is 2.27. The molecule has 1 rings (SSSR count). The average Bonchev–Trinajstić information content (AvgIpc) is 2.07. The van der Waals surface area contributed by atoms with Crippen LogP contribution < -0.4 is 0 Å². The largest absolute Gasteiger partial charge is 0.480 e. The summed E-state index contributed by atoms with van der Waals surface area (Å²) in [5.41, 5.74) is 0.